The fraction of sp³-hybridized carbons (Fsp3) is 0.227. The Kier molecular flexibility index (Phi) is 5.34. The number of rotatable bonds is 4. The molecule has 1 amide bonds. The number of ether oxygens (including phenoxy) is 1. The zero-order valence-electron chi connectivity index (χ0n) is 17.2. The number of nitrogens with one attached hydrogen (secondary N) is 2. The number of anilines is 2. The van der Waals surface area contributed by atoms with E-state index in [0.29, 0.717) is 23.0 Å². The van der Waals surface area contributed by atoms with E-state index in [1.807, 2.05) is 57.2 Å². The molecule has 1 aliphatic heterocycles. The Bertz CT molecular complexity index is 1170. The molecule has 7 nitrogen and oxygen atoms in total. The van der Waals surface area contributed by atoms with Gasteiger partial charge in [-0.25, -0.2) is 4.68 Å². The molecule has 1 aromatic heterocycles. The van der Waals surface area contributed by atoms with Crippen LogP contribution in [0.5, 0.6) is 5.75 Å². The summed E-state index contributed by atoms with van der Waals surface area (Å²) in [4.78, 5) is 17.8. The van der Waals surface area contributed by atoms with Gasteiger partial charge in [-0.15, -0.1) is 0 Å². The molecule has 0 fully saturated rings. The van der Waals surface area contributed by atoms with Crippen molar-refractivity contribution in [2.45, 2.75) is 26.8 Å². The molecule has 30 heavy (non-hydrogen) atoms. The first-order valence-corrected chi connectivity index (χ1v) is 10.3. The molecule has 0 saturated carbocycles. The predicted molar refractivity (Wildman–Crippen MR) is 120 cm³/mol. The van der Waals surface area contributed by atoms with Gasteiger partial charge in [-0.05, 0) is 44.5 Å². The van der Waals surface area contributed by atoms with Crippen molar-refractivity contribution in [3.8, 4) is 5.75 Å². The summed E-state index contributed by atoms with van der Waals surface area (Å²) in [6, 6.07) is 11.2. The molecule has 8 heteroatoms. The summed E-state index contributed by atoms with van der Waals surface area (Å²) in [7, 11) is 1.61. The van der Waals surface area contributed by atoms with Gasteiger partial charge < -0.3 is 15.4 Å². The highest BCUT2D eigenvalue weighted by Crippen LogP contribution is 2.40. The lowest BCUT2D eigenvalue weighted by molar-refractivity contribution is -0.113. The number of allylic oxidation sites excluding steroid dienone is 1. The van der Waals surface area contributed by atoms with E-state index in [2.05, 4.69) is 36.6 Å². The lowest BCUT2D eigenvalue weighted by atomic mass is 9.94. The smallest absolute Gasteiger partial charge is 0.255 e. The normalized spacial score (nSPS) is 15.4. The molecule has 2 heterocycles. The van der Waals surface area contributed by atoms with E-state index in [-0.39, 0.29) is 5.91 Å². The van der Waals surface area contributed by atoms with Crippen molar-refractivity contribution in [1.82, 2.24) is 14.8 Å². The van der Waals surface area contributed by atoms with E-state index < -0.39 is 6.04 Å². The van der Waals surface area contributed by atoms with Crippen LogP contribution >= 0.6 is 15.9 Å². The molecule has 2 N–H and O–H groups in total. The quantitative estimate of drug-likeness (QED) is 0.586. The van der Waals surface area contributed by atoms with Gasteiger partial charge in [-0.1, -0.05) is 39.7 Å². The van der Waals surface area contributed by atoms with Crippen molar-refractivity contribution >= 4 is 33.5 Å². The highest BCUT2D eigenvalue weighted by molar-refractivity contribution is 9.10. The minimum absolute atomic E-state index is 0.205. The zero-order valence-corrected chi connectivity index (χ0v) is 18.7. The number of nitrogens with zero attached hydrogens (tertiary/aromatic N) is 3. The van der Waals surface area contributed by atoms with Crippen molar-refractivity contribution in [2.24, 2.45) is 0 Å². The monoisotopic (exact) mass is 467 g/mol. The molecule has 0 spiro atoms. The first-order valence-electron chi connectivity index (χ1n) is 9.48. The Morgan fingerprint density at radius 3 is 2.73 bits per heavy atom. The fourth-order valence-corrected chi connectivity index (χ4v) is 4.07. The van der Waals surface area contributed by atoms with Crippen LogP contribution in [0, 0.1) is 13.8 Å². The number of carbonyl (C=O) groups excluding carboxylic acids is 1. The first-order chi connectivity index (χ1) is 14.4. The minimum atomic E-state index is -0.488. The van der Waals surface area contributed by atoms with Crippen LogP contribution in [0.3, 0.4) is 0 Å². The van der Waals surface area contributed by atoms with Crippen LogP contribution in [0.1, 0.15) is 29.7 Å². The molecule has 1 atom stereocenters. The molecule has 3 aromatic rings. The highest BCUT2D eigenvalue weighted by Gasteiger charge is 2.35. The second-order valence-electron chi connectivity index (χ2n) is 7.25. The maximum absolute atomic E-state index is 13.5. The topological polar surface area (TPSA) is 81.1 Å². The Labute approximate surface area is 183 Å². The van der Waals surface area contributed by atoms with Crippen molar-refractivity contribution in [3.63, 3.8) is 0 Å². The van der Waals surface area contributed by atoms with Crippen LogP contribution in [0.15, 0.2) is 58.5 Å². The van der Waals surface area contributed by atoms with Crippen molar-refractivity contribution in [1.29, 1.82) is 0 Å². The molecule has 1 unspecified atom stereocenters. The number of methoxy groups -OCH3 is 1. The van der Waals surface area contributed by atoms with Gasteiger partial charge in [0, 0.05) is 21.4 Å². The maximum atomic E-state index is 13.5. The minimum Gasteiger partial charge on any atom is -0.496 e. The summed E-state index contributed by atoms with van der Waals surface area (Å²) in [5, 5.41) is 10.6. The second-order valence-corrected chi connectivity index (χ2v) is 8.17. The number of carbonyl (C=O) groups is 1. The fourth-order valence-electron chi connectivity index (χ4n) is 3.73. The van der Waals surface area contributed by atoms with E-state index in [9.17, 15) is 4.79 Å². The van der Waals surface area contributed by atoms with Crippen molar-refractivity contribution in [2.75, 3.05) is 17.7 Å². The summed E-state index contributed by atoms with van der Waals surface area (Å²) >= 11 is 3.48. The van der Waals surface area contributed by atoms with Gasteiger partial charge >= 0.3 is 0 Å². The average molecular weight is 468 g/mol. The van der Waals surface area contributed by atoms with Crippen molar-refractivity contribution in [3.05, 3.63) is 75.2 Å². The van der Waals surface area contributed by atoms with Crippen LogP contribution in [-0.4, -0.2) is 27.8 Å². The third kappa shape index (κ3) is 3.59. The van der Waals surface area contributed by atoms with E-state index in [0.717, 1.165) is 26.9 Å². The number of halogens is 1. The number of aryl methyl sites for hydroxylation is 2. The summed E-state index contributed by atoms with van der Waals surface area (Å²) in [5.41, 5.74) is 5.01. The molecule has 4 rings (SSSR count). The Balaban J connectivity index is 1.81. The van der Waals surface area contributed by atoms with Crippen molar-refractivity contribution < 1.29 is 9.53 Å². The van der Waals surface area contributed by atoms with Gasteiger partial charge in [0.15, 0.2) is 0 Å². The van der Waals surface area contributed by atoms with E-state index in [4.69, 9.17) is 4.74 Å². The van der Waals surface area contributed by atoms with Gasteiger partial charge in [0.05, 0.1) is 12.7 Å². The zero-order chi connectivity index (χ0) is 21.4. The molecule has 1 aliphatic rings. The number of amides is 1. The van der Waals surface area contributed by atoms with Crippen LogP contribution in [0.2, 0.25) is 0 Å². The van der Waals surface area contributed by atoms with Crippen LogP contribution in [0.4, 0.5) is 11.6 Å². The van der Waals surface area contributed by atoms with Gasteiger partial charge in [-0.2, -0.15) is 10.1 Å². The lowest BCUT2D eigenvalue weighted by Crippen LogP contribution is -2.31. The number of fused-ring (bicyclic) bond motifs is 1. The van der Waals surface area contributed by atoms with E-state index >= 15 is 0 Å². The Hall–Kier alpha value is -3.13. The molecule has 154 valence electrons. The Morgan fingerprint density at radius 1 is 1.20 bits per heavy atom. The molecular weight excluding hydrogens is 446 g/mol. The molecule has 0 saturated heterocycles. The third-order valence-corrected chi connectivity index (χ3v) is 5.65. The maximum Gasteiger partial charge on any atom is 0.255 e. The number of aromatic nitrogens is 3. The van der Waals surface area contributed by atoms with Crippen LogP contribution in [-0.2, 0) is 4.79 Å². The predicted octanol–water partition coefficient (Wildman–Crippen LogP) is 4.59. The summed E-state index contributed by atoms with van der Waals surface area (Å²) < 4.78 is 8.21. The second kappa shape index (κ2) is 7.95. The summed E-state index contributed by atoms with van der Waals surface area (Å²) in [6.45, 7) is 5.87. The molecule has 0 aliphatic carbocycles. The summed E-state index contributed by atoms with van der Waals surface area (Å²) in [6.07, 6.45) is 1.47. The SMILES string of the molecule is COc1cc(Br)ccc1C1C(C(=O)Nc2ccc(C)cc2C)=C(C)Nc2ncnn21. The van der Waals surface area contributed by atoms with Gasteiger partial charge in [-0.3, -0.25) is 4.79 Å². The van der Waals surface area contributed by atoms with Gasteiger partial charge in [0.25, 0.3) is 5.91 Å². The van der Waals surface area contributed by atoms with Crippen LogP contribution in [0.25, 0.3) is 0 Å². The largest absolute Gasteiger partial charge is 0.496 e. The Morgan fingerprint density at radius 2 is 2.00 bits per heavy atom. The molecule has 2 aromatic carbocycles. The average Bonchev–Trinajstić information content (AvgIpc) is 3.17. The standard InChI is InChI=1S/C22H22BrN5O2/c1-12-5-8-17(13(2)9-12)27-21(29)19-14(3)26-22-24-11-25-28(22)20(19)16-7-6-15(23)10-18(16)30-4/h5-11,20H,1-4H3,(H,27,29)(H,24,25,26). The van der Waals surface area contributed by atoms with E-state index in [1.54, 1.807) is 11.8 Å². The number of hydrogen-bond donors (Lipinski definition) is 2. The number of hydrogen-bond acceptors (Lipinski definition) is 5. The van der Waals surface area contributed by atoms with E-state index in [1.165, 1.54) is 6.33 Å². The third-order valence-electron chi connectivity index (χ3n) is 5.16. The summed E-state index contributed by atoms with van der Waals surface area (Å²) in [5.74, 6) is 1.02. The number of benzene rings is 2. The molecule has 0 radical (unpaired) electrons. The highest BCUT2D eigenvalue weighted by atomic mass is 79.9. The lowest BCUT2D eigenvalue weighted by Gasteiger charge is -2.29. The molecule has 0 bridgehead atoms. The van der Waals surface area contributed by atoms with Crippen LogP contribution < -0.4 is 15.4 Å². The van der Waals surface area contributed by atoms with Gasteiger partial charge in [0.2, 0.25) is 5.95 Å². The first kappa shape index (κ1) is 20.2. The molecular formula is C22H22BrN5O2. The van der Waals surface area contributed by atoms with Gasteiger partial charge in [0.1, 0.15) is 18.1 Å².